The highest BCUT2D eigenvalue weighted by molar-refractivity contribution is 6.33. The monoisotopic (exact) mass is 620 g/mol. The van der Waals surface area contributed by atoms with Gasteiger partial charge in [-0.05, 0) is 89.1 Å². The molecule has 44 heavy (non-hydrogen) atoms. The van der Waals surface area contributed by atoms with E-state index < -0.39 is 17.5 Å². The summed E-state index contributed by atoms with van der Waals surface area (Å²) < 4.78 is 20.5. The van der Waals surface area contributed by atoms with E-state index in [-0.39, 0.29) is 5.92 Å². The molecule has 8 nitrogen and oxygen atoms in total. The highest BCUT2D eigenvalue weighted by Crippen LogP contribution is 2.42. The van der Waals surface area contributed by atoms with E-state index in [1.807, 2.05) is 44.7 Å². The molecule has 1 N–H and O–H groups in total. The highest BCUT2D eigenvalue weighted by atomic mass is 35.5. The molecule has 1 fully saturated rings. The Balaban J connectivity index is 1.66. The Hall–Kier alpha value is -3.72. The number of aliphatic imine (C=N–C) groups is 1. The minimum atomic E-state index is -0.639. The molecule has 1 aromatic carbocycles. The van der Waals surface area contributed by atoms with Crippen molar-refractivity contribution in [1.82, 2.24) is 14.9 Å². The van der Waals surface area contributed by atoms with Crippen molar-refractivity contribution in [3.8, 4) is 11.3 Å². The number of pyridine rings is 2. The van der Waals surface area contributed by atoms with Crippen LogP contribution in [0.15, 0.2) is 41.4 Å². The fourth-order valence-corrected chi connectivity index (χ4v) is 6.16. The first-order chi connectivity index (χ1) is 20.7. The van der Waals surface area contributed by atoms with Crippen molar-refractivity contribution in [3.63, 3.8) is 0 Å². The fraction of sp³-hybridized carbons (Fsp3) is 0.471. The van der Waals surface area contributed by atoms with Crippen LogP contribution in [0.4, 0.5) is 26.5 Å². The van der Waals surface area contributed by atoms with E-state index in [9.17, 15) is 4.79 Å². The first-order valence-corrected chi connectivity index (χ1v) is 15.7. The van der Waals surface area contributed by atoms with Gasteiger partial charge in [0, 0.05) is 18.2 Å². The molecule has 2 aliphatic heterocycles. The first kappa shape index (κ1) is 31.7. The molecule has 234 valence electrons. The summed E-state index contributed by atoms with van der Waals surface area (Å²) in [5.41, 5.74) is 3.35. The minimum Gasteiger partial charge on any atom is -0.444 e. The zero-order chi connectivity index (χ0) is 31.9. The van der Waals surface area contributed by atoms with Crippen LogP contribution < -0.4 is 10.2 Å². The van der Waals surface area contributed by atoms with Gasteiger partial charge in [0.05, 0.1) is 27.7 Å². The molecule has 4 heterocycles. The average molecular weight is 621 g/mol. The number of likely N-dealkylation sites (tertiary alicyclic amines) is 1. The minimum absolute atomic E-state index is 0.000724. The SMILES string of the molecule is Cc1cc(NC(=O)OC(C)(C)C)nc(C(C)C)c1N1CN=C(N2C[C@@H](C)CC[C@@H]2C)c2cc(Cl)c(-c3ccccc3F)nc21. The van der Waals surface area contributed by atoms with Crippen LogP contribution in [0.5, 0.6) is 0 Å². The molecular formula is C34H42ClFN6O2. The number of amidine groups is 1. The van der Waals surface area contributed by atoms with Gasteiger partial charge in [0.2, 0.25) is 0 Å². The Kier molecular flexibility index (Phi) is 8.89. The first-order valence-electron chi connectivity index (χ1n) is 15.3. The van der Waals surface area contributed by atoms with E-state index in [0.29, 0.717) is 46.5 Å². The van der Waals surface area contributed by atoms with Gasteiger partial charge >= 0.3 is 6.09 Å². The lowest BCUT2D eigenvalue weighted by molar-refractivity contribution is 0.0635. The summed E-state index contributed by atoms with van der Waals surface area (Å²) in [6, 6.07) is 10.5. The second kappa shape index (κ2) is 12.3. The molecule has 2 aromatic heterocycles. The van der Waals surface area contributed by atoms with Crippen molar-refractivity contribution in [2.75, 3.05) is 23.4 Å². The van der Waals surface area contributed by atoms with Gasteiger partial charge in [-0.3, -0.25) is 5.32 Å². The summed E-state index contributed by atoms with van der Waals surface area (Å²) in [5.74, 6) is 2.03. The van der Waals surface area contributed by atoms with E-state index >= 15 is 4.39 Å². The number of aromatic nitrogens is 2. The lowest BCUT2D eigenvalue weighted by Crippen LogP contribution is -2.47. The fourth-order valence-electron chi connectivity index (χ4n) is 5.90. The van der Waals surface area contributed by atoms with E-state index in [4.69, 9.17) is 31.3 Å². The van der Waals surface area contributed by atoms with Gasteiger partial charge in [-0.2, -0.15) is 0 Å². The quantitative estimate of drug-likeness (QED) is 0.314. The maximum absolute atomic E-state index is 15.1. The van der Waals surface area contributed by atoms with Gasteiger partial charge < -0.3 is 14.5 Å². The molecule has 0 radical (unpaired) electrons. The average Bonchev–Trinajstić information content (AvgIpc) is 2.93. The molecule has 2 atom stereocenters. The Bertz CT molecular complexity index is 1600. The molecule has 0 aliphatic carbocycles. The number of benzene rings is 1. The van der Waals surface area contributed by atoms with Gasteiger partial charge in [-0.1, -0.05) is 44.5 Å². The Morgan fingerprint density at radius 2 is 1.84 bits per heavy atom. The molecular weight excluding hydrogens is 579 g/mol. The van der Waals surface area contributed by atoms with E-state index in [2.05, 4.69) is 37.9 Å². The van der Waals surface area contributed by atoms with Crippen LogP contribution in [-0.2, 0) is 4.74 Å². The summed E-state index contributed by atoms with van der Waals surface area (Å²) in [6.45, 7) is 17.2. The number of piperidine rings is 1. The lowest BCUT2D eigenvalue weighted by Gasteiger charge is -2.42. The number of aryl methyl sites for hydroxylation is 1. The second-order valence-corrected chi connectivity index (χ2v) is 13.7. The smallest absolute Gasteiger partial charge is 0.413 e. The molecule has 0 spiro atoms. The standard InChI is InChI=1S/C34H42ClFN6O2/c1-19(2)28-30(21(4)15-27(38-28)39-33(43)44-34(6,7)8)42-18-37-31(41-17-20(3)13-14-22(41)5)24-16-25(35)29(40-32(24)42)23-11-9-10-12-26(23)36/h9-12,15-16,19-20,22H,13-14,17-18H2,1-8H3,(H,38,39,43)/t20-,22-/m0/s1. The van der Waals surface area contributed by atoms with Crippen molar-refractivity contribution < 1.29 is 13.9 Å². The maximum atomic E-state index is 15.1. The van der Waals surface area contributed by atoms with Crippen LogP contribution in [0.3, 0.4) is 0 Å². The molecule has 0 unspecified atom stereocenters. The second-order valence-electron chi connectivity index (χ2n) is 13.2. The van der Waals surface area contributed by atoms with Crippen LogP contribution in [0.2, 0.25) is 5.02 Å². The number of halogens is 2. The summed E-state index contributed by atoms with van der Waals surface area (Å²) >= 11 is 6.87. The zero-order valence-corrected chi connectivity index (χ0v) is 27.6. The van der Waals surface area contributed by atoms with Crippen molar-refractivity contribution in [3.05, 3.63) is 64.1 Å². The van der Waals surface area contributed by atoms with Gasteiger partial charge in [-0.25, -0.2) is 24.1 Å². The maximum Gasteiger partial charge on any atom is 0.413 e. The number of nitrogens with zero attached hydrogens (tertiary/aromatic N) is 5. The molecule has 0 bridgehead atoms. The molecule has 2 aliphatic rings. The summed E-state index contributed by atoms with van der Waals surface area (Å²) in [7, 11) is 0. The molecule has 1 amide bonds. The summed E-state index contributed by atoms with van der Waals surface area (Å²) in [4.78, 5) is 32.0. The van der Waals surface area contributed by atoms with Crippen molar-refractivity contribution >= 4 is 40.9 Å². The number of nitrogens with one attached hydrogen (secondary N) is 1. The number of hydrogen-bond acceptors (Lipinski definition) is 7. The normalized spacial score (nSPS) is 18.7. The number of carbonyl (C=O) groups excluding carboxylic acids is 1. The number of hydrogen-bond donors (Lipinski definition) is 1. The number of fused-ring (bicyclic) bond motifs is 1. The third-order valence-electron chi connectivity index (χ3n) is 7.99. The van der Waals surface area contributed by atoms with E-state index in [0.717, 1.165) is 41.3 Å². The third-order valence-corrected chi connectivity index (χ3v) is 8.28. The number of ether oxygens (including phenoxy) is 1. The summed E-state index contributed by atoms with van der Waals surface area (Å²) in [5, 5.41) is 3.15. The number of rotatable bonds is 4. The molecule has 0 saturated carbocycles. The molecule has 5 rings (SSSR count). The van der Waals surface area contributed by atoms with E-state index in [1.54, 1.807) is 18.2 Å². The molecule has 1 saturated heterocycles. The van der Waals surface area contributed by atoms with E-state index in [1.165, 1.54) is 12.5 Å². The topological polar surface area (TPSA) is 82.9 Å². The van der Waals surface area contributed by atoms with Crippen molar-refractivity contribution in [1.29, 1.82) is 0 Å². The largest absolute Gasteiger partial charge is 0.444 e. The van der Waals surface area contributed by atoms with Gasteiger partial charge in [0.15, 0.2) is 0 Å². The van der Waals surface area contributed by atoms with Gasteiger partial charge in [-0.15, -0.1) is 0 Å². The number of anilines is 3. The van der Waals surface area contributed by atoms with Crippen LogP contribution in [-0.4, -0.2) is 51.7 Å². The molecule has 3 aromatic rings. The number of carbonyl (C=O) groups is 1. The Morgan fingerprint density at radius 3 is 2.52 bits per heavy atom. The third kappa shape index (κ3) is 6.53. The van der Waals surface area contributed by atoms with Crippen LogP contribution in [0, 0.1) is 18.7 Å². The van der Waals surface area contributed by atoms with Gasteiger partial charge in [0.25, 0.3) is 0 Å². The predicted molar refractivity (Wildman–Crippen MR) is 176 cm³/mol. The lowest BCUT2D eigenvalue weighted by atomic mass is 9.93. The van der Waals surface area contributed by atoms with Crippen LogP contribution in [0.1, 0.15) is 84.0 Å². The predicted octanol–water partition coefficient (Wildman–Crippen LogP) is 8.69. The zero-order valence-electron chi connectivity index (χ0n) is 26.8. The van der Waals surface area contributed by atoms with Crippen LogP contribution in [0.25, 0.3) is 11.3 Å². The highest BCUT2D eigenvalue weighted by Gasteiger charge is 2.34. The summed E-state index contributed by atoms with van der Waals surface area (Å²) in [6.07, 6.45) is 1.67. The molecule has 10 heteroatoms. The Morgan fingerprint density at radius 1 is 1.11 bits per heavy atom. The Labute approximate surface area is 264 Å². The van der Waals surface area contributed by atoms with Crippen molar-refractivity contribution in [2.45, 2.75) is 85.8 Å². The van der Waals surface area contributed by atoms with Crippen LogP contribution >= 0.6 is 11.6 Å². The number of amides is 1. The van der Waals surface area contributed by atoms with Gasteiger partial charge in [0.1, 0.15) is 35.6 Å². The van der Waals surface area contributed by atoms with Crippen molar-refractivity contribution in [2.24, 2.45) is 10.9 Å².